The van der Waals surface area contributed by atoms with Crippen LogP contribution in [0.2, 0.25) is 0 Å². The highest BCUT2D eigenvalue weighted by Gasteiger charge is 2.35. The first kappa shape index (κ1) is 18.1. The molecule has 1 fully saturated rings. The van der Waals surface area contributed by atoms with Crippen LogP contribution in [0.5, 0.6) is 0 Å². The van der Waals surface area contributed by atoms with Crippen LogP contribution < -0.4 is 0 Å². The quantitative estimate of drug-likeness (QED) is 0.819. The summed E-state index contributed by atoms with van der Waals surface area (Å²) >= 11 is 0. The highest BCUT2D eigenvalue weighted by Crippen LogP contribution is 2.27. The van der Waals surface area contributed by atoms with E-state index in [-0.39, 0.29) is 18.0 Å². The summed E-state index contributed by atoms with van der Waals surface area (Å²) in [6.07, 6.45) is 0.616. The van der Waals surface area contributed by atoms with Crippen LogP contribution in [-0.4, -0.2) is 39.5 Å². The van der Waals surface area contributed by atoms with Gasteiger partial charge in [-0.05, 0) is 49.6 Å². The Morgan fingerprint density at radius 2 is 1.44 bits per heavy atom. The number of hydrogen-bond donors (Lipinski definition) is 0. The van der Waals surface area contributed by atoms with Crippen molar-refractivity contribution in [2.45, 2.75) is 34.8 Å². The zero-order valence-electron chi connectivity index (χ0n) is 14.0. The highest BCUT2D eigenvalue weighted by atomic mass is 32.2. The van der Waals surface area contributed by atoms with Gasteiger partial charge in [0.2, 0.25) is 10.0 Å². The molecule has 2 aromatic rings. The van der Waals surface area contributed by atoms with Crippen molar-refractivity contribution in [2.24, 2.45) is 0 Å². The second-order valence-electron chi connectivity index (χ2n) is 6.28. The molecule has 5 nitrogen and oxygen atoms in total. The van der Waals surface area contributed by atoms with Crippen molar-refractivity contribution in [2.75, 3.05) is 13.1 Å². The molecule has 0 aromatic heterocycles. The van der Waals surface area contributed by atoms with Crippen molar-refractivity contribution >= 4 is 19.9 Å². The third-order valence-corrected chi connectivity index (χ3v) is 8.71. The topological polar surface area (TPSA) is 71.5 Å². The van der Waals surface area contributed by atoms with Crippen molar-refractivity contribution in [1.82, 2.24) is 4.31 Å². The molecule has 0 bridgehead atoms. The molecule has 1 heterocycles. The van der Waals surface area contributed by atoms with E-state index in [4.69, 9.17) is 0 Å². The van der Waals surface area contributed by atoms with Gasteiger partial charge < -0.3 is 0 Å². The SMILES string of the molecule is Cc1cccc(S(=O)(=O)N2CCC(S(=O)(=O)c3ccccc3)CC2)c1. The second-order valence-corrected chi connectivity index (χ2v) is 10.4. The number of nitrogens with zero attached hydrogens (tertiary/aromatic N) is 1. The Kier molecular flexibility index (Phi) is 4.99. The van der Waals surface area contributed by atoms with E-state index in [1.807, 2.05) is 13.0 Å². The summed E-state index contributed by atoms with van der Waals surface area (Å²) < 4.78 is 52.3. The molecule has 7 heteroatoms. The average molecular weight is 380 g/mol. The Morgan fingerprint density at radius 3 is 2.04 bits per heavy atom. The fourth-order valence-corrected chi connectivity index (χ4v) is 6.44. The maximum Gasteiger partial charge on any atom is 0.243 e. The third kappa shape index (κ3) is 3.63. The lowest BCUT2D eigenvalue weighted by atomic mass is 10.2. The Morgan fingerprint density at radius 1 is 0.840 bits per heavy atom. The molecule has 0 saturated carbocycles. The van der Waals surface area contributed by atoms with Crippen LogP contribution in [0.1, 0.15) is 18.4 Å². The van der Waals surface area contributed by atoms with Gasteiger partial charge in [-0.2, -0.15) is 4.31 Å². The predicted octanol–water partition coefficient (Wildman–Crippen LogP) is 2.62. The minimum atomic E-state index is -3.58. The first-order valence-corrected chi connectivity index (χ1v) is 11.2. The van der Waals surface area contributed by atoms with E-state index in [0.29, 0.717) is 17.7 Å². The van der Waals surface area contributed by atoms with Crippen molar-refractivity contribution in [1.29, 1.82) is 0 Å². The van der Waals surface area contributed by atoms with Gasteiger partial charge in [0.15, 0.2) is 9.84 Å². The number of sulfone groups is 1. The van der Waals surface area contributed by atoms with Crippen LogP contribution in [0.15, 0.2) is 64.4 Å². The summed E-state index contributed by atoms with van der Waals surface area (Å²) in [5, 5.41) is -0.543. The van der Waals surface area contributed by atoms with Gasteiger partial charge in [0.05, 0.1) is 15.0 Å². The first-order valence-electron chi connectivity index (χ1n) is 8.17. The average Bonchev–Trinajstić information content (AvgIpc) is 2.62. The fourth-order valence-electron chi connectivity index (χ4n) is 3.11. The summed E-state index contributed by atoms with van der Waals surface area (Å²) in [5.41, 5.74) is 0.877. The van der Waals surface area contributed by atoms with E-state index in [1.165, 1.54) is 4.31 Å². The zero-order valence-corrected chi connectivity index (χ0v) is 15.6. The van der Waals surface area contributed by atoms with Gasteiger partial charge in [0.1, 0.15) is 0 Å². The number of benzene rings is 2. The maximum atomic E-state index is 12.7. The van der Waals surface area contributed by atoms with Gasteiger partial charge in [-0.3, -0.25) is 0 Å². The van der Waals surface area contributed by atoms with Gasteiger partial charge in [-0.15, -0.1) is 0 Å². The van der Waals surface area contributed by atoms with E-state index >= 15 is 0 Å². The summed E-state index contributed by atoms with van der Waals surface area (Å²) in [6, 6.07) is 15.1. The van der Waals surface area contributed by atoms with Crippen LogP contribution in [0.3, 0.4) is 0 Å². The zero-order chi connectivity index (χ0) is 18.1. The molecule has 3 rings (SSSR count). The molecule has 0 aliphatic carbocycles. The Labute approximate surface area is 149 Å². The van der Waals surface area contributed by atoms with Gasteiger partial charge >= 0.3 is 0 Å². The highest BCUT2D eigenvalue weighted by molar-refractivity contribution is 7.92. The molecule has 0 radical (unpaired) electrons. The number of rotatable bonds is 4. The molecular weight excluding hydrogens is 358 g/mol. The molecule has 1 saturated heterocycles. The van der Waals surface area contributed by atoms with Crippen LogP contribution in [-0.2, 0) is 19.9 Å². The minimum Gasteiger partial charge on any atom is -0.223 e. The molecule has 0 unspecified atom stereocenters. The van der Waals surface area contributed by atoms with Gasteiger partial charge in [-0.1, -0.05) is 30.3 Å². The van der Waals surface area contributed by atoms with E-state index in [9.17, 15) is 16.8 Å². The van der Waals surface area contributed by atoms with E-state index in [0.717, 1.165) is 5.56 Å². The molecule has 2 aromatic carbocycles. The Balaban J connectivity index is 1.76. The van der Waals surface area contributed by atoms with Crippen LogP contribution in [0.25, 0.3) is 0 Å². The van der Waals surface area contributed by atoms with Crippen molar-refractivity contribution in [3.05, 3.63) is 60.2 Å². The molecule has 0 N–H and O–H groups in total. The van der Waals surface area contributed by atoms with Crippen molar-refractivity contribution in [3.63, 3.8) is 0 Å². The Bertz CT molecular complexity index is 946. The molecule has 134 valence electrons. The largest absolute Gasteiger partial charge is 0.243 e. The smallest absolute Gasteiger partial charge is 0.223 e. The number of sulfonamides is 1. The van der Waals surface area contributed by atoms with Gasteiger partial charge in [0.25, 0.3) is 0 Å². The Hall–Kier alpha value is -1.70. The lowest BCUT2D eigenvalue weighted by Gasteiger charge is -2.31. The number of aryl methyl sites for hydroxylation is 1. The van der Waals surface area contributed by atoms with Crippen LogP contribution >= 0.6 is 0 Å². The molecular formula is C18H21NO4S2. The summed E-state index contributed by atoms with van der Waals surface area (Å²) in [7, 11) is -7.00. The molecule has 1 aliphatic rings. The van der Waals surface area contributed by atoms with E-state index in [1.54, 1.807) is 48.5 Å². The minimum absolute atomic E-state index is 0.215. The molecule has 25 heavy (non-hydrogen) atoms. The summed E-state index contributed by atoms with van der Waals surface area (Å²) in [6.45, 7) is 2.28. The standard InChI is InChI=1S/C18H21NO4S2/c1-15-6-5-9-18(14-15)25(22,23)19-12-10-17(11-13-19)24(20,21)16-7-3-2-4-8-16/h2-9,14,17H,10-13H2,1H3. The molecule has 0 atom stereocenters. The fraction of sp³-hybridized carbons (Fsp3) is 0.333. The van der Waals surface area contributed by atoms with Gasteiger partial charge in [-0.25, -0.2) is 16.8 Å². The lowest BCUT2D eigenvalue weighted by molar-refractivity contribution is 0.345. The summed E-state index contributed by atoms with van der Waals surface area (Å²) in [5.74, 6) is 0. The third-order valence-electron chi connectivity index (χ3n) is 4.54. The summed E-state index contributed by atoms with van der Waals surface area (Å²) in [4.78, 5) is 0.562. The van der Waals surface area contributed by atoms with Crippen molar-refractivity contribution in [3.8, 4) is 0 Å². The van der Waals surface area contributed by atoms with Crippen molar-refractivity contribution < 1.29 is 16.8 Å². The van der Waals surface area contributed by atoms with Gasteiger partial charge in [0, 0.05) is 13.1 Å². The van der Waals surface area contributed by atoms with E-state index in [2.05, 4.69) is 0 Å². The van der Waals surface area contributed by atoms with E-state index < -0.39 is 25.1 Å². The second kappa shape index (κ2) is 6.90. The number of piperidine rings is 1. The van der Waals surface area contributed by atoms with Crippen LogP contribution in [0, 0.1) is 6.92 Å². The molecule has 0 spiro atoms. The lowest BCUT2D eigenvalue weighted by Crippen LogP contribution is -2.42. The monoisotopic (exact) mass is 379 g/mol. The number of hydrogen-bond acceptors (Lipinski definition) is 4. The molecule has 0 amide bonds. The first-order chi connectivity index (χ1) is 11.8. The maximum absolute atomic E-state index is 12.7. The predicted molar refractivity (Wildman–Crippen MR) is 96.6 cm³/mol. The normalized spacial score (nSPS) is 17.5. The van der Waals surface area contributed by atoms with Crippen LogP contribution in [0.4, 0.5) is 0 Å². The molecule has 1 aliphatic heterocycles.